The average Bonchev–Trinajstić information content (AvgIpc) is 2.02. The minimum Gasteiger partial charge on any atom is -0.462 e. The van der Waals surface area contributed by atoms with Crippen LogP contribution < -0.4 is 0 Å². The fourth-order valence-corrected chi connectivity index (χ4v) is 1.04. The molecule has 0 amide bonds. The summed E-state index contributed by atoms with van der Waals surface area (Å²) >= 11 is 1.76. The van der Waals surface area contributed by atoms with Gasteiger partial charge in [0.2, 0.25) is 0 Å². The summed E-state index contributed by atoms with van der Waals surface area (Å²) in [5.74, 6) is -0.360. The zero-order valence-electron chi connectivity index (χ0n) is 7.64. The highest BCUT2D eigenvalue weighted by Crippen LogP contribution is 2.02. The summed E-state index contributed by atoms with van der Waals surface area (Å²) < 4.78 is 4.98. The van der Waals surface area contributed by atoms with Gasteiger partial charge in [-0.1, -0.05) is 6.58 Å². The van der Waals surface area contributed by atoms with Gasteiger partial charge in [-0.3, -0.25) is 4.79 Å². The molecule has 0 N–H and O–H groups in total. The molecule has 0 unspecified atom stereocenters. The van der Waals surface area contributed by atoms with Crippen LogP contribution in [0.5, 0.6) is 0 Å². The number of ether oxygens (including phenoxy) is 1. The largest absolute Gasteiger partial charge is 0.462 e. The van der Waals surface area contributed by atoms with Crippen molar-refractivity contribution in [3.8, 4) is 0 Å². The minimum absolute atomic E-state index is 0.142. The summed E-state index contributed by atoms with van der Waals surface area (Å²) in [5, 5.41) is 0. The number of halogens is 1. The third kappa shape index (κ3) is 7.95. The molecular formula is C9H13IO3. The van der Waals surface area contributed by atoms with E-state index < -0.39 is 0 Å². The van der Waals surface area contributed by atoms with Gasteiger partial charge in [0.25, 0.3) is 0 Å². The Morgan fingerprint density at radius 2 is 2.00 bits per heavy atom. The average molecular weight is 296 g/mol. The molecule has 0 aliphatic carbocycles. The third-order valence-electron chi connectivity index (χ3n) is 1.35. The predicted octanol–water partition coefficient (Wildman–Crippen LogP) is 2.24. The van der Waals surface area contributed by atoms with Crippen LogP contribution in [0.4, 0.5) is 0 Å². The van der Waals surface area contributed by atoms with E-state index in [9.17, 15) is 9.59 Å². The Kier molecular flexibility index (Phi) is 6.84. The summed E-state index contributed by atoms with van der Waals surface area (Å²) in [7, 11) is 0. The quantitative estimate of drug-likeness (QED) is 0.248. The summed E-state index contributed by atoms with van der Waals surface area (Å²) in [4.78, 5) is 21.4. The van der Waals surface area contributed by atoms with Gasteiger partial charge in [-0.25, -0.2) is 4.79 Å². The fraction of sp³-hybridized carbons (Fsp3) is 0.556. The van der Waals surface area contributed by atoms with Gasteiger partial charge in [0.1, 0.15) is 0 Å². The Labute approximate surface area is 91.7 Å². The molecule has 0 fully saturated rings. The van der Waals surface area contributed by atoms with Crippen LogP contribution in [-0.4, -0.2) is 16.4 Å². The van der Waals surface area contributed by atoms with Crippen molar-refractivity contribution in [1.29, 1.82) is 0 Å². The number of carbonyl (C=O) groups is 2. The van der Waals surface area contributed by atoms with Gasteiger partial charge in [0, 0.05) is 12.0 Å². The van der Waals surface area contributed by atoms with Gasteiger partial charge in [0.05, 0.1) is 6.61 Å². The molecule has 0 radical (unpaired) electrons. The van der Waals surface area contributed by atoms with E-state index in [1.165, 1.54) is 0 Å². The molecule has 0 atom stereocenters. The predicted molar refractivity (Wildman–Crippen MR) is 58.7 cm³/mol. The molecule has 0 heterocycles. The first-order chi connectivity index (χ1) is 6.04. The fourth-order valence-electron chi connectivity index (χ4n) is 0.654. The molecule has 0 spiro atoms. The van der Waals surface area contributed by atoms with E-state index >= 15 is 0 Å². The summed E-state index contributed by atoms with van der Waals surface area (Å²) in [6.07, 6.45) is 2.05. The molecule has 0 rings (SSSR count). The van der Waals surface area contributed by atoms with Crippen molar-refractivity contribution < 1.29 is 14.3 Å². The smallest absolute Gasteiger partial charge is 0.333 e. The Morgan fingerprint density at radius 1 is 1.38 bits per heavy atom. The molecule has 74 valence electrons. The van der Waals surface area contributed by atoms with Crippen LogP contribution in [0.1, 0.15) is 26.2 Å². The first-order valence-corrected chi connectivity index (χ1v) is 5.13. The van der Waals surface area contributed by atoms with Crippen LogP contribution >= 0.6 is 22.6 Å². The Morgan fingerprint density at radius 3 is 2.46 bits per heavy atom. The number of unbranched alkanes of at least 4 members (excludes halogenated alkanes) is 1. The van der Waals surface area contributed by atoms with E-state index in [0.29, 0.717) is 18.6 Å². The molecule has 0 saturated carbocycles. The first-order valence-electron chi connectivity index (χ1n) is 4.05. The number of hydrogen-bond donors (Lipinski definition) is 0. The van der Waals surface area contributed by atoms with E-state index in [1.54, 1.807) is 29.5 Å². The zero-order valence-corrected chi connectivity index (χ0v) is 9.80. The molecular weight excluding hydrogens is 283 g/mol. The normalized spacial score (nSPS) is 9.38. The molecule has 13 heavy (non-hydrogen) atoms. The number of carbonyl (C=O) groups excluding carboxylic acids is 2. The number of esters is 1. The van der Waals surface area contributed by atoms with Crippen LogP contribution in [0, 0.1) is 0 Å². The third-order valence-corrected chi connectivity index (χ3v) is 1.89. The standard InChI is InChI=1S/C9H13IO3/c1-7(2)9(12)13-6-4-3-5-8(10)11/h1,3-6H2,2H3. The second-order valence-corrected chi connectivity index (χ2v) is 3.93. The van der Waals surface area contributed by atoms with Gasteiger partial charge in [-0.2, -0.15) is 0 Å². The molecule has 0 aromatic heterocycles. The molecule has 4 heteroatoms. The number of hydrogen-bond acceptors (Lipinski definition) is 3. The molecule has 0 bridgehead atoms. The highest BCUT2D eigenvalue weighted by Gasteiger charge is 2.02. The van der Waals surface area contributed by atoms with E-state index in [1.807, 2.05) is 0 Å². The lowest BCUT2D eigenvalue weighted by Crippen LogP contribution is -2.06. The SMILES string of the molecule is C=C(C)C(=O)OCCCCC(=O)I. The van der Waals surface area contributed by atoms with E-state index in [4.69, 9.17) is 4.74 Å². The monoisotopic (exact) mass is 296 g/mol. The zero-order chi connectivity index (χ0) is 10.3. The van der Waals surface area contributed by atoms with E-state index in [2.05, 4.69) is 6.58 Å². The van der Waals surface area contributed by atoms with Crippen LogP contribution in [0.3, 0.4) is 0 Å². The van der Waals surface area contributed by atoms with Gasteiger partial charge in [-0.15, -0.1) is 0 Å². The van der Waals surface area contributed by atoms with Crippen molar-refractivity contribution in [2.75, 3.05) is 6.61 Å². The summed E-state index contributed by atoms with van der Waals surface area (Å²) in [6.45, 7) is 5.43. The number of rotatable bonds is 6. The summed E-state index contributed by atoms with van der Waals surface area (Å²) in [6, 6.07) is 0. The maximum Gasteiger partial charge on any atom is 0.333 e. The molecule has 0 aromatic carbocycles. The Balaban J connectivity index is 3.31. The molecule has 0 aliphatic heterocycles. The van der Waals surface area contributed by atoms with Crippen LogP contribution in [-0.2, 0) is 14.3 Å². The van der Waals surface area contributed by atoms with Crippen molar-refractivity contribution in [2.45, 2.75) is 26.2 Å². The molecule has 3 nitrogen and oxygen atoms in total. The van der Waals surface area contributed by atoms with Crippen molar-refractivity contribution in [1.82, 2.24) is 0 Å². The molecule has 0 aromatic rings. The van der Waals surface area contributed by atoms with Crippen LogP contribution in [0.25, 0.3) is 0 Å². The Hall–Kier alpha value is -0.390. The Bertz CT molecular complexity index is 211. The lowest BCUT2D eigenvalue weighted by Gasteiger charge is -2.02. The highest BCUT2D eigenvalue weighted by molar-refractivity contribution is 14.1. The van der Waals surface area contributed by atoms with Gasteiger partial charge < -0.3 is 4.74 Å². The molecule has 0 saturated heterocycles. The maximum atomic E-state index is 10.8. The van der Waals surface area contributed by atoms with Gasteiger partial charge in [-0.05, 0) is 42.4 Å². The lowest BCUT2D eigenvalue weighted by atomic mass is 10.2. The van der Waals surface area contributed by atoms with Crippen LogP contribution in [0.15, 0.2) is 12.2 Å². The maximum absolute atomic E-state index is 10.8. The molecule has 0 aliphatic rings. The minimum atomic E-state index is -0.360. The summed E-state index contributed by atoms with van der Waals surface area (Å²) in [5.41, 5.74) is 0.407. The first kappa shape index (κ1) is 12.6. The topological polar surface area (TPSA) is 43.4 Å². The van der Waals surface area contributed by atoms with Gasteiger partial charge in [0.15, 0.2) is 3.79 Å². The highest BCUT2D eigenvalue weighted by atomic mass is 127. The van der Waals surface area contributed by atoms with Crippen molar-refractivity contribution in [3.05, 3.63) is 12.2 Å². The second-order valence-electron chi connectivity index (χ2n) is 2.73. The van der Waals surface area contributed by atoms with Crippen molar-refractivity contribution in [2.24, 2.45) is 0 Å². The van der Waals surface area contributed by atoms with E-state index in [-0.39, 0.29) is 9.76 Å². The van der Waals surface area contributed by atoms with Gasteiger partial charge >= 0.3 is 5.97 Å². The van der Waals surface area contributed by atoms with Crippen LogP contribution in [0.2, 0.25) is 0 Å². The van der Waals surface area contributed by atoms with Crippen molar-refractivity contribution >= 4 is 32.4 Å². The second kappa shape index (κ2) is 7.06. The van der Waals surface area contributed by atoms with E-state index in [0.717, 1.165) is 12.8 Å². The lowest BCUT2D eigenvalue weighted by molar-refractivity contribution is -0.139. The van der Waals surface area contributed by atoms with Crippen molar-refractivity contribution in [3.63, 3.8) is 0 Å².